The topological polar surface area (TPSA) is 84.3 Å². The molecule has 7 nitrogen and oxygen atoms in total. The molecule has 1 aliphatic heterocycles. The van der Waals surface area contributed by atoms with Gasteiger partial charge in [0.1, 0.15) is 0 Å². The number of unbranched alkanes of at least 4 members (excludes halogenated alkanes) is 3. The molecule has 9 heteroatoms. The Morgan fingerprint density at radius 2 is 1.90 bits per heavy atom. The Morgan fingerprint density at radius 3 is 2.61 bits per heavy atom. The second-order valence-electron chi connectivity index (χ2n) is 7.95. The Kier molecular flexibility index (Phi) is 8.80. The van der Waals surface area contributed by atoms with Gasteiger partial charge in [-0.1, -0.05) is 44.4 Å². The van der Waals surface area contributed by atoms with Crippen LogP contribution in [-0.2, 0) is 21.4 Å². The van der Waals surface area contributed by atoms with Gasteiger partial charge in [-0.3, -0.25) is 4.79 Å². The lowest BCUT2D eigenvalue weighted by Gasteiger charge is -2.25. The van der Waals surface area contributed by atoms with Gasteiger partial charge < -0.3 is 9.88 Å². The number of carbonyl (C=O) groups excluding carboxylic acids is 1. The predicted molar refractivity (Wildman–Crippen MR) is 126 cm³/mol. The molecule has 3 rings (SSSR count). The number of carbonyl (C=O) groups is 1. The molecule has 1 aliphatic rings. The first-order chi connectivity index (χ1) is 15.0. The van der Waals surface area contributed by atoms with Gasteiger partial charge >= 0.3 is 0 Å². The maximum atomic E-state index is 13.0. The molecule has 2 aromatic rings. The van der Waals surface area contributed by atoms with Gasteiger partial charge in [0.25, 0.3) is 0 Å². The van der Waals surface area contributed by atoms with Crippen molar-refractivity contribution in [3.05, 3.63) is 18.2 Å². The van der Waals surface area contributed by atoms with E-state index in [1.165, 1.54) is 24.6 Å². The van der Waals surface area contributed by atoms with Gasteiger partial charge in [-0.15, -0.1) is 0 Å². The molecule has 1 aromatic heterocycles. The van der Waals surface area contributed by atoms with E-state index in [2.05, 4.69) is 17.2 Å². The number of nitrogens with zero attached hydrogens (tertiary/aromatic N) is 3. The Bertz CT molecular complexity index is 982. The average Bonchev–Trinajstić information content (AvgIpc) is 3.14. The standard InChI is InChI=1S/C22H34N4O3S2/c1-3-5-6-8-13-23-21(27)17-30-22-24-19-16-18(11-12-20(19)26(22)4-2)31(28,29)25-14-9-7-10-15-25/h11-12,16H,3-10,13-15,17H2,1-2H3,(H,23,27). The Labute approximate surface area is 190 Å². The summed E-state index contributed by atoms with van der Waals surface area (Å²) in [7, 11) is -3.49. The lowest BCUT2D eigenvalue weighted by Crippen LogP contribution is -2.35. The SMILES string of the molecule is CCCCCCNC(=O)CSc1nc2cc(S(=O)(=O)N3CCCCC3)ccc2n1CC. The fraction of sp³-hybridized carbons (Fsp3) is 0.636. The highest BCUT2D eigenvalue weighted by Gasteiger charge is 2.26. The molecule has 0 radical (unpaired) electrons. The Hall–Kier alpha value is -1.58. The van der Waals surface area contributed by atoms with Crippen LogP contribution in [0.2, 0.25) is 0 Å². The minimum atomic E-state index is -3.49. The minimum Gasteiger partial charge on any atom is -0.355 e. The van der Waals surface area contributed by atoms with E-state index in [-0.39, 0.29) is 5.91 Å². The lowest BCUT2D eigenvalue weighted by molar-refractivity contribution is -0.118. The zero-order chi connectivity index (χ0) is 22.3. The smallest absolute Gasteiger partial charge is 0.243 e. The van der Waals surface area contributed by atoms with Crippen LogP contribution in [0.1, 0.15) is 58.8 Å². The summed E-state index contributed by atoms with van der Waals surface area (Å²) in [6, 6.07) is 5.18. The molecule has 172 valence electrons. The third-order valence-electron chi connectivity index (χ3n) is 5.64. The van der Waals surface area contributed by atoms with Crippen LogP contribution >= 0.6 is 11.8 Å². The van der Waals surface area contributed by atoms with Crippen molar-refractivity contribution in [2.75, 3.05) is 25.4 Å². The molecule has 1 N–H and O–H groups in total. The summed E-state index contributed by atoms with van der Waals surface area (Å²) in [5.41, 5.74) is 1.55. The number of sulfonamides is 1. The zero-order valence-electron chi connectivity index (χ0n) is 18.6. The van der Waals surface area contributed by atoms with Crippen LogP contribution in [0.3, 0.4) is 0 Å². The van der Waals surface area contributed by atoms with Crippen LogP contribution < -0.4 is 5.32 Å². The van der Waals surface area contributed by atoms with Crippen LogP contribution in [0, 0.1) is 0 Å². The molecule has 1 aromatic carbocycles. The molecule has 1 saturated heterocycles. The van der Waals surface area contributed by atoms with Crippen molar-refractivity contribution < 1.29 is 13.2 Å². The van der Waals surface area contributed by atoms with Crippen LogP contribution in [-0.4, -0.2) is 53.6 Å². The largest absolute Gasteiger partial charge is 0.355 e. The minimum absolute atomic E-state index is 0.00423. The highest BCUT2D eigenvalue weighted by atomic mass is 32.2. The number of rotatable bonds is 11. The molecule has 0 aliphatic carbocycles. The first kappa shape index (κ1) is 24.1. The van der Waals surface area contributed by atoms with Crippen molar-refractivity contribution >= 4 is 38.7 Å². The number of benzene rings is 1. The number of fused-ring (bicyclic) bond motifs is 1. The van der Waals surface area contributed by atoms with Gasteiger partial charge in [0, 0.05) is 26.2 Å². The number of thioether (sulfide) groups is 1. The van der Waals surface area contributed by atoms with Crippen LogP contribution in [0.25, 0.3) is 11.0 Å². The van der Waals surface area contributed by atoms with Crippen molar-refractivity contribution in [1.29, 1.82) is 0 Å². The van der Waals surface area contributed by atoms with E-state index in [1.807, 2.05) is 17.6 Å². The van der Waals surface area contributed by atoms with Crippen molar-refractivity contribution in [2.24, 2.45) is 0 Å². The number of aromatic nitrogens is 2. The average molecular weight is 467 g/mol. The third-order valence-corrected chi connectivity index (χ3v) is 8.51. The molecule has 0 unspecified atom stereocenters. The quantitative estimate of drug-likeness (QED) is 0.399. The fourth-order valence-corrected chi connectivity index (χ4v) is 6.32. The number of piperidine rings is 1. The second-order valence-corrected chi connectivity index (χ2v) is 10.8. The lowest BCUT2D eigenvalue weighted by atomic mass is 10.2. The molecular weight excluding hydrogens is 432 g/mol. The Morgan fingerprint density at radius 1 is 1.13 bits per heavy atom. The van der Waals surface area contributed by atoms with E-state index < -0.39 is 10.0 Å². The molecule has 1 fully saturated rings. The molecular formula is C22H34N4O3S2. The van der Waals surface area contributed by atoms with Crippen molar-refractivity contribution in [3.8, 4) is 0 Å². The molecule has 31 heavy (non-hydrogen) atoms. The zero-order valence-corrected chi connectivity index (χ0v) is 20.2. The summed E-state index contributed by atoms with van der Waals surface area (Å²) in [5.74, 6) is 0.306. The van der Waals surface area contributed by atoms with E-state index in [9.17, 15) is 13.2 Å². The van der Waals surface area contributed by atoms with Crippen molar-refractivity contribution in [2.45, 2.75) is 75.4 Å². The first-order valence-corrected chi connectivity index (χ1v) is 13.8. The molecule has 1 amide bonds. The third kappa shape index (κ3) is 6.02. The number of aryl methyl sites for hydroxylation is 1. The number of hydrogen-bond donors (Lipinski definition) is 1. The van der Waals surface area contributed by atoms with Crippen LogP contribution in [0.15, 0.2) is 28.3 Å². The first-order valence-electron chi connectivity index (χ1n) is 11.4. The Balaban J connectivity index is 1.69. The van der Waals surface area contributed by atoms with E-state index in [0.29, 0.717) is 42.3 Å². The maximum Gasteiger partial charge on any atom is 0.243 e. The van der Waals surface area contributed by atoms with Crippen LogP contribution in [0.4, 0.5) is 0 Å². The van der Waals surface area contributed by atoms with Crippen molar-refractivity contribution in [3.63, 3.8) is 0 Å². The highest BCUT2D eigenvalue weighted by molar-refractivity contribution is 7.99. The predicted octanol–water partition coefficient (Wildman–Crippen LogP) is 4.02. The van der Waals surface area contributed by atoms with Gasteiger partial charge in [0.15, 0.2) is 5.16 Å². The van der Waals surface area contributed by atoms with E-state index in [4.69, 9.17) is 0 Å². The van der Waals surface area contributed by atoms with Crippen LogP contribution in [0.5, 0.6) is 0 Å². The summed E-state index contributed by atoms with van der Waals surface area (Å²) in [6.07, 6.45) is 7.42. The highest BCUT2D eigenvalue weighted by Crippen LogP contribution is 2.28. The summed E-state index contributed by atoms with van der Waals surface area (Å²) in [5, 5.41) is 3.71. The number of nitrogens with one attached hydrogen (secondary N) is 1. The van der Waals surface area contributed by atoms with Gasteiger partial charge in [-0.05, 0) is 44.4 Å². The molecule has 0 bridgehead atoms. The van der Waals surface area contributed by atoms with Crippen molar-refractivity contribution in [1.82, 2.24) is 19.2 Å². The number of imidazole rings is 1. The van der Waals surface area contributed by atoms with E-state index in [1.54, 1.807) is 16.4 Å². The van der Waals surface area contributed by atoms with E-state index >= 15 is 0 Å². The number of amides is 1. The van der Waals surface area contributed by atoms with Gasteiger partial charge in [0.2, 0.25) is 15.9 Å². The second kappa shape index (κ2) is 11.3. The molecule has 2 heterocycles. The molecule has 0 atom stereocenters. The summed E-state index contributed by atoms with van der Waals surface area (Å²) in [4.78, 5) is 17.1. The van der Waals surface area contributed by atoms with Gasteiger partial charge in [-0.25, -0.2) is 13.4 Å². The normalized spacial score (nSPS) is 15.4. The van der Waals surface area contributed by atoms with Gasteiger partial charge in [0.05, 0.1) is 21.7 Å². The monoisotopic (exact) mass is 466 g/mol. The van der Waals surface area contributed by atoms with Gasteiger partial charge in [-0.2, -0.15) is 4.31 Å². The molecule has 0 spiro atoms. The number of hydrogen-bond acceptors (Lipinski definition) is 5. The summed E-state index contributed by atoms with van der Waals surface area (Å²) >= 11 is 1.40. The van der Waals surface area contributed by atoms with E-state index in [0.717, 1.165) is 42.8 Å². The maximum absolute atomic E-state index is 13.0. The molecule has 0 saturated carbocycles. The summed E-state index contributed by atoms with van der Waals surface area (Å²) < 4.78 is 29.6. The fourth-order valence-electron chi connectivity index (χ4n) is 3.88. The summed E-state index contributed by atoms with van der Waals surface area (Å²) in [6.45, 7) is 6.77.